The third-order valence-corrected chi connectivity index (χ3v) is 2.86. The zero-order chi connectivity index (χ0) is 15.4. The standard InChI is InChI=1S/C15H13FN2O3/c16-12-8-14(20)13(19)7-11(12)6-3-9-1-4-10(5-2-9)15(17)18-21/h1-8,19-21H,(H2,17,18)/b6-3+. The highest BCUT2D eigenvalue weighted by molar-refractivity contribution is 5.97. The van der Waals surface area contributed by atoms with Gasteiger partial charge in [0.25, 0.3) is 0 Å². The first-order valence-electron chi connectivity index (χ1n) is 5.99. The minimum atomic E-state index is -0.644. The van der Waals surface area contributed by atoms with Gasteiger partial charge in [0.2, 0.25) is 0 Å². The quantitative estimate of drug-likeness (QED) is 0.174. The van der Waals surface area contributed by atoms with Gasteiger partial charge in [-0.15, -0.1) is 0 Å². The lowest BCUT2D eigenvalue weighted by atomic mass is 10.1. The van der Waals surface area contributed by atoms with Crippen molar-refractivity contribution in [2.75, 3.05) is 0 Å². The molecule has 0 aliphatic rings. The third kappa shape index (κ3) is 3.30. The lowest BCUT2D eigenvalue weighted by molar-refractivity contribution is 0.318. The monoisotopic (exact) mass is 288 g/mol. The first-order valence-corrected chi connectivity index (χ1v) is 5.99. The van der Waals surface area contributed by atoms with Crippen molar-refractivity contribution in [3.8, 4) is 11.5 Å². The highest BCUT2D eigenvalue weighted by Crippen LogP contribution is 2.28. The minimum Gasteiger partial charge on any atom is -0.504 e. The Morgan fingerprint density at radius 1 is 1.05 bits per heavy atom. The van der Waals surface area contributed by atoms with Crippen LogP contribution >= 0.6 is 0 Å². The number of aromatic hydroxyl groups is 2. The molecular formula is C15H13FN2O3. The number of phenolic OH excluding ortho intramolecular Hbond substituents is 2. The van der Waals surface area contributed by atoms with E-state index in [1.807, 2.05) is 0 Å². The lowest BCUT2D eigenvalue weighted by Crippen LogP contribution is -2.12. The van der Waals surface area contributed by atoms with Gasteiger partial charge < -0.3 is 21.2 Å². The maximum absolute atomic E-state index is 13.6. The van der Waals surface area contributed by atoms with E-state index in [-0.39, 0.29) is 11.4 Å². The zero-order valence-corrected chi connectivity index (χ0v) is 10.9. The van der Waals surface area contributed by atoms with Crippen LogP contribution in [-0.2, 0) is 0 Å². The maximum atomic E-state index is 13.6. The Bertz CT molecular complexity index is 710. The number of rotatable bonds is 3. The predicted molar refractivity (Wildman–Crippen MR) is 77.6 cm³/mol. The van der Waals surface area contributed by atoms with Crippen molar-refractivity contribution in [2.24, 2.45) is 10.9 Å². The highest BCUT2D eigenvalue weighted by Gasteiger charge is 2.06. The molecule has 0 aromatic heterocycles. The van der Waals surface area contributed by atoms with Crippen LogP contribution in [0.5, 0.6) is 11.5 Å². The number of amidine groups is 1. The Kier molecular flexibility index (Phi) is 4.08. The summed E-state index contributed by atoms with van der Waals surface area (Å²) in [6.07, 6.45) is 3.10. The molecule has 2 aromatic carbocycles. The summed E-state index contributed by atoms with van der Waals surface area (Å²) in [4.78, 5) is 0. The van der Waals surface area contributed by atoms with Crippen molar-refractivity contribution in [3.05, 3.63) is 58.9 Å². The Hall–Kier alpha value is -3.02. The molecule has 0 saturated carbocycles. The van der Waals surface area contributed by atoms with Gasteiger partial charge in [-0.3, -0.25) is 0 Å². The Labute approximate surface area is 120 Å². The number of hydrogen-bond acceptors (Lipinski definition) is 4. The first kappa shape index (κ1) is 14.4. The first-order chi connectivity index (χ1) is 10.0. The van der Waals surface area contributed by atoms with Crippen LogP contribution in [0, 0.1) is 5.82 Å². The molecule has 0 spiro atoms. The second kappa shape index (κ2) is 5.96. The lowest BCUT2D eigenvalue weighted by Gasteiger charge is -2.02. The molecule has 0 radical (unpaired) electrons. The van der Waals surface area contributed by atoms with Gasteiger partial charge in [-0.2, -0.15) is 0 Å². The van der Waals surface area contributed by atoms with Crippen LogP contribution in [-0.4, -0.2) is 21.3 Å². The number of nitrogens with zero attached hydrogens (tertiary/aromatic N) is 1. The summed E-state index contributed by atoms with van der Waals surface area (Å²) >= 11 is 0. The number of nitrogens with two attached hydrogens (primary N) is 1. The summed E-state index contributed by atoms with van der Waals surface area (Å²) in [5.74, 6) is -1.54. The molecule has 0 amide bonds. The molecule has 0 bridgehead atoms. The Morgan fingerprint density at radius 3 is 2.29 bits per heavy atom. The topological polar surface area (TPSA) is 99.1 Å². The van der Waals surface area contributed by atoms with Crippen LogP contribution in [0.1, 0.15) is 16.7 Å². The average molecular weight is 288 g/mol. The number of phenols is 2. The van der Waals surface area contributed by atoms with Crippen LogP contribution in [0.3, 0.4) is 0 Å². The molecule has 5 nitrogen and oxygen atoms in total. The highest BCUT2D eigenvalue weighted by atomic mass is 19.1. The molecule has 0 heterocycles. The van der Waals surface area contributed by atoms with E-state index < -0.39 is 17.3 Å². The van der Waals surface area contributed by atoms with Crippen molar-refractivity contribution in [2.45, 2.75) is 0 Å². The van der Waals surface area contributed by atoms with Crippen molar-refractivity contribution in [1.82, 2.24) is 0 Å². The van der Waals surface area contributed by atoms with Gasteiger partial charge in [-0.05, 0) is 11.6 Å². The van der Waals surface area contributed by atoms with Gasteiger partial charge in [0.15, 0.2) is 17.3 Å². The third-order valence-electron chi connectivity index (χ3n) is 2.86. The van der Waals surface area contributed by atoms with Crippen molar-refractivity contribution in [1.29, 1.82) is 0 Å². The molecule has 5 N–H and O–H groups in total. The number of oxime groups is 1. The Morgan fingerprint density at radius 2 is 1.67 bits per heavy atom. The normalized spacial score (nSPS) is 12.0. The van der Waals surface area contributed by atoms with Crippen LogP contribution in [0.25, 0.3) is 12.2 Å². The minimum absolute atomic E-state index is 0.0000286. The van der Waals surface area contributed by atoms with Gasteiger partial charge in [0.05, 0.1) is 0 Å². The van der Waals surface area contributed by atoms with E-state index in [0.717, 1.165) is 17.7 Å². The fourth-order valence-corrected chi connectivity index (χ4v) is 1.70. The predicted octanol–water partition coefficient (Wildman–Crippen LogP) is 2.50. The second-order valence-electron chi connectivity index (χ2n) is 4.30. The molecule has 0 fully saturated rings. The molecule has 2 aromatic rings. The molecule has 108 valence electrons. The number of halogens is 1. The summed E-state index contributed by atoms with van der Waals surface area (Å²) in [5, 5.41) is 29.9. The summed E-state index contributed by atoms with van der Waals surface area (Å²) < 4.78 is 13.6. The largest absolute Gasteiger partial charge is 0.504 e. The van der Waals surface area contributed by atoms with Crippen molar-refractivity contribution >= 4 is 18.0 Å². The van der Waals surface area contributed by atoms with E-state index >= 15 is 0 Å². The Balaban J connectivity index is 2.24. The fourth-order valence-electron chi connectivity index (χ4n) is 1.70. The SMILES string of the molecule is N/C(=N\O)c1ccc(/C=C/c2cc(O)c(O)cc2F)cc1. The molecule has 2 rings (SSSR count). The van der Waals surface area contributed by atoms with E-state index in [0.29, 0.717) is 5.56 Å². The van der Waals surface area contributed by atoms with Gasteiger partial charge in [-0.25, -0.2) is 4.39 Å². The van der Waals surface area contributed by atoms with E-state index in [1.165, 1.54) is 6.08 Å². The van der Waals surface area contributed by atoms with Crippen LogP contribution in [0.4, 0.5) is 4.39 Å². The van der Waals surface area contributed by atoms with Gasteiger partial charge in [-0.1, -0.05) is 41.6 Å². The molecule has 6 heteroatoms. The van der Waals surface area contributed by atoms with Crippen LogP contribution in [0.2, 0.25) is 0 Å². The van der Waals surface area contributed by atoms with E-state index in [2.05, 4.69) is 5.16 Å². The summed E-state index contributed by atoms with van der Waals surface area (Å²) in [6.45, 7) is 0. The molecule has 0 atom stereocenters. The second-order valence-corrected chi connectivity index (χ2v) is 4.30. The van der Waals surface area contributed by atoms with Gasteiger partial charge in [0, 0.05) is 17.2 Å². The smallest absolute Gasteiger partial charge is 0.170 e. The number of benzene rings is 2. The molecule has 0 saturated heterocycles. The van der Waals surface area contributed by atoms with Crippen LogP contribution in [0.15, 0.2) is 41.6 Å². The summed E-state index contributed by atoms with van der Waals surface area (Å²) in [7, 11) is 0. The molecular weight excluding hydrogens is 275 g/mol. The summed E-state index contributed by atoms with van der Waals surface area (Å²) in [6, 6.07) is 8.70. The fraction of sp³-hybridized carbons (Fsp3) is 0. The van der Waals surface area contributed by atoms with Crippen LogP contribution < -0.4 is 5.73 Å². The van der Waals surface area contributed by atoms with E-state index in [4.69, 9.17) is 16.0 Å². The molecule has 0 aliphatic carbocycles. The molecule has 0 unspecified atom stereocenters. The average Bonchev–Trinajstić information content (AvgIpc) is 2.49. The van der Waals surface area contributed by atoms with Crippen molar-refractivity contribution in [3.63, 3.8) is 0 Å². The zero-order valence-electron chi connectivity index (χ0n) is 10.9. The van der Waals surface area contributed by atoms with Crippen molar-refractivity contribution < 1.29 is 19.8 Å². The van der Waals surface area contributed by atoms with E-state index in [9.17, 15) is 9.50 Å². The van der Waals surface area contributed by atoms with Gasteiger partial charge in [0.1, 0.15) is 5.82 Å². The molecule has 21 heavy (non-hydrogen) atoms. The number of hydrogen-bond donors (Lipinski definition) is 4. The molecule has 0 aliphatic heterocycles. The van der Waals surface area contributed by atoms with Gasteiger partial charge >= 0.3 is 0 Å². The maximum Gasteiger partial charge on any atom is 0.170 e. The summed E-state index contributed by atoms with van der Waals surface area (Å²) in [5.41, 5.74) is 6.90. The van der Waals surface area contributed by atoms with E-state index in [1.54, 1.807) is 30.3 Å².